The highest BCUT2D eigenvalue weighted by Crippen LogP contribution is 2.18. The minimum absolute atomic E-state index is 0. The van der Waals surface area contributed by atoms with Crippen molar-refractivity contribution in [1.82, 2.24) is 10.6 Å². The van der Waals surface area contributed by atoms with Gasteiger partial charge in [-0.15, -0.1) is 35.3 Å². The van der Waals surface area contributed by atoms with Crippen molar-refractivity contribution in [3.8, 4) is 0 Å². The van der Waals surface area contributed by atoms with Crippen molar-refractivity contribution in [2.24, 2.45) is 4.99 Å². The van der Waals surface area contributed by atoms with E-state index in [-0.39, 0.29) is 29.5 Å². The molecule has 1 heterocycles. The van der Waals surface area contributed by atoms with Crippen LogP contribution in [0.5, 0.6) is 0 Å². The summed E-state index contributed by atoms with van der Waals surface area (Å²) in [6.45, 7) is 7.29. The van der Waals surface area contributed by atoms with Crippen molar-refractivity contribution < 1.29 is 0 Å². The van der Waals surface area contributed by atoms with Gasteiger partial charge in [0.15, 0.2) is 5.96 Å². The van der Waals surface area contributed by atoms with Crippen LogP contribution in [-0.2, 0) is 6.42 Å². The predicted molar refractivity (Wildman–Crippen MR) is 100 cm³/mol. The molecule has 1 aromatic rings. The van der Waals surface area contributed by atoms with Gasteiger partial charge < -0.3 is 10.6 Å². The van der Waals surface area contributed by atoms with E-state index in [9.17, 15) is 0 Å². The van der Waals surface area contributed by atoms with Crippen LogP contribution in [0.4, 0.5) is 0 Å². The van der Waals surface area contributed by atoms with Gasteiger partial charge in [-0.05, 0) is 61.9 Å². The van der Waals surface area contributed by atoms with Gasteiger partial charge in [0.1, 0.15) is 0 Å². The summed E-state index contributed by atoms with van der Waals surface area (Å²) in [6, 6.07) is 4.34. The average Bonchev–Trinajstić information content (AvgIpc) is 2.61. The van der Waals surface area contributed by atoms with Crippen LogP contribution in [-0.4, -0.2) is 25.1 Å². The second-order valence-corrected chi connectivity index (χ2v) is 7.89. The van der Waals surface area contributed by atoms with E-state index in [1.165, 1.54) is 7.76 Å². The second kappa shape index (κ2) is 8.57. The lowest BCUT2D eigenvalue weighted by molar-refractivity contribution is 0.502. The topological polar surface area (TPSA) is 36.4 Å². The van der Waals surface area contributed by atoms with Crippen LogP contribution in [0.2, 0.25) is 0 Å². The molecule has 104 valence electrons. The van der Waals surface area contributed by atoms with E-state index >= 15 is 0 Å². The molecule has 0 spiro atoms. The Morgan fingerprint density at radius 1 is 1.39 bits per heavy atom. The third-order valence-electron chi connectivity index (χ3n) is 2.01. The molecular formula is C12H21I2N3S. The molecule has 0 radical (unpaired) electrons. The molecule has 0 atom stereocenters. The monoisotopic (exact) mass is 493 g/mol. The maximum absolute atomic E-state index is 4.21. The Morgan fingerprint density at radius 3 is 2.50 bits per heavy atom. The maximum atomic E-state index is 4.21. The summed E-state index contributed by atoms with van der Waals surface area (Å²) in [5.41, 5.74) is 0.0418. The minimum atomic E-state index is 0. The van der Waals surface area contributed by atoms with Crippen molar-refractivity contribution >= 4 is 63.9 Å². The van der Waals surface area contributed by atoms with Crippen LogP contribution in [0, 0.1) is 2.88 Å². The molecule has 0 aliphatic rings. The van der Waals surface area contributed by atoms with Crippen molar-refractivity contribution in [2.75, 3.05) is 13.6 Å². The molecule has 0 unspecified atom stereocenters. The number of aliphatic imine (C=N–C) groups is 1. The molecule has 1 rings (SSSR count). The first-order valence-electron chi connectivity index (χ1n) is 5.64. The molecule has 2 N–H and O–H groups in total. The first-order valence-corrected chi connectivity index (χ1v) is 7.53. The smallest absolute Gasteiger partial charge is 0.191 e. The molecule has 0 aliphatic heterocycles. The number of thiophene rings is 1. The Bertz CT molecular complexity index is 383. The fourth-order valence-corrected chi connectivity index (χ4v) is 3.08. The Labute approximate surface area is 144 Å². The van der Waals surface area contributed by atoms with E-state index in [0.717, 1.165) is 18.9 Å². The first-order chi connectivity index (χ1) is 7.90. The summed E-state index contributed by atoms with van der Waals surface area (Å²) < 4.78 is 1.34. The molecule has 3 nitrogen and oxygen atoms in total. The van der Waals surface area contributed by atoms with Gasteiger partial charge in [-0.2, -0.15) is 0 Å². The summed E-state index contributed by atoms with van der Waals surface area (Å²) in [5, 5.41) is 6.66. The first kappa shape index (κ1) is 18.4. The average molecular weight is 493 g/mol. The van der Waals surface area contributed by atoms with E-state index in [2.05, 4.69) is 71.1 Å². The highest BCUT2D eigenvalue weighted by Gasteiger charge is 2.11. The zero-order valence-electron chi connectivity index (χ0n) is 11.2. The fraction of sp³-hybridized carbons (Fsp3) is 0.583. The normalized spacial score (nSPS) is 11.9. The standard InChI is InChI=1S/C12H20IN3S.HI/c1-12(2,3)16-11(14-4)15-8-7-9-5-6-10(13)17-9;/h5-6H,7-8H2,1-4H3,(H2,14,15,16);1H. The number of hydrogen-bond donors (Lipinski definition) is 2. The van der Waals surface area contributed by atoms with Crippen LogP contribution in [0.15, 0.2) is 17.1 Å². The van der Waals surface area contributed by atoms with Crippen LogP contribution in [0.25, 0.3) is 0 Å². The molecule has 18 heavy (non-hydrogen) atoms. The fourth-order valence-electron chi connectivity index (χ4n) is 1.32. The van der Waals surface area contributed by atoms with E-state index in [1.807, 2.05) is 11.3 Å². The maximum Gasteiger partial charge on any atom is 0.191 e. The zero-order chi connectivity index (χ0) is 12.9. The molecule has 0 saturated carbocycles. The third-order valence-corrected chi connectivity index (χ3v) is 3.96. The van der Waals surface area contributed by atoms with E-state index in [0.29, 0.717) is 0 Å². The lowest BCUT2D eigenvalue weighted by atomic mass is 10.1. The second-order valence-electron chi connectivity index (χ2n) is 4.83. The Morgan fingerprint density at radius 2 is 2.06 bits per heavy atom. The predicted octanol–water partition coefficient (Wildman–Crippen LogP) is 3.48. The largest absolute Gasteiger partial charge is 0.356 e. The van der Waals surface area contributed by atoms with Crippen LogP contribution in [0.1, 0.15) is 25.6 Å². The quantitative estimate of drug-likeness (QED) is 0.385. The SMILES string of the molecule is CN=C(NCCc1ccc(I)s1)NC(C)(C)C.I. The molecule has 0 aliphatic carbocycles. The van der Waals surface area contributed by atoms with Crippen molar-refractivity contribution in [3.63, 3.8) is 0 Å². The van der Waals surface area contributed by atoms with Gasteiger partial charge in [-0.25, -0.2) is 0 Å². The van der Waals surface area contributed by atoms with Gasteiger partial charge in [-0.1, -0.05) is 0 Å². The number of hydrogen-bond acceptors (Lipinski definition) is 2. The lowest BCUT2D eigenvalue weighted by Gasteiger charge is -2.23. The van der Waals surface area contributed by atoms with Crippen LogP contribution < -0.4 is 10.6 Å². The van der Waals surface area contributed by atoms with Crippen LogP contribution >= 0.6 is 57.9 Å². The number of halogens is 2. The van der Waals surface area contributed by atoms with E-state index in [4.69, 9.17) is 0 Å². The molecule has 0 fully saturated rings. The summed E-state index contributed by atoms with van der Waals surface area (Å²) in [4.78, 5) is 5.62. The Balaban J connectivity index is 0.00000289. The third kappa shape index (κ3) is 7.78. The molecule has 0 bridgehead atoms. The molecule has 6 heteroatoms. The van der Waals surface area contributed by atoms with Crippen molar-refractivity contribution in [1.29, 1.82) is 0 Å². The van der Waals surface area contributed by atoms with Gasteiger partial charge in [0.05, 0.1) is 2.88 Å². The van der Waals surface area contributed by atoms with Crippen molar-refractivity contribution in [3.05, 3.63) is 19.9 Å². The number of guanidine groups is 1. The van der Waals surface area contributed by atoms with E-state index in [1.54, 1.807) is 7.05 Å². The number of rotatable bonds is 3. The molecule has 0 saturated heterocycles. The van der Waals surface area contributed by atoms with Gasteiger partial charge in [0.2, 0.25) is 0 Å². The summed E-state index contributed by atoms with van der Waals surface area (Å²) in [6.07, 6.45) is 1.04. The zero-order valence-corrected chi connectivity index (χ0v) is 16.5. The van der Waals surface area contributed by atoms with Crippen LogP contribution in [0.3, 0.4) is 0 Å². The van der Waals surface area contributed by atoms with Gasteiger partial charge >= 0.3 is 0 Å². The minimum Gasteiger partial charge on any atom is -0.356 e. The summed E-state index contributed by atoms with van der Waals surface area (Å²) in [5.74, 6) is 0.865. The highest BCUT2D eigenvalue weighted by atomic mass is 127. The highest BCUT2D eigenvalue weighted by molar-refractivity contribution is 14.1. The molecule has 0 aromatic carbocycles. The lowest BCUT2D eigenvalue weighted by Crippen LogP contribution is -2.47. The summed E-state index contributed by atoms with van der Waals surface area (Å²) >= 11 is 4.20. The molecule has 0 amide bonds. The summed E-state index contributed by atoms with van der Waals surface area (Å²) in [7, 11) is 1.80. The van der Waals surface area contributed by atoms with E-state index < -0.39 is 0 Å². The van der Waals surface area contributed by atoms with Crippen molar-refractivity contribution in [2.45, 2.75) is 32.7 Å². The number of nitrogens with zero attached hydrogens (tertiary/aromatic N) is 1. The van der Waals surface area contributed by atoms with Gasteiger partial charge in [0.25, 0.3) is 0 Å². The molecular weight excluding hydrogens is 472 g/mol. The van der Waals surface area contributed by atoms with Gasteiger partial charge in [0, 0.05) is 24.0 Å². The van der Waals surface area contributed by atoms with Gasteiger partial charge in [-0.3, -0.25) is 4.99 Å². The Hall–Kier alpha value is 0.430. The number of nitrogens with one attached hydrogen (secondary N) is 2. The Kier molecular flexibility index (Phi) is 8.78. The molecule has 1 aromatic heterocycles.